The molecule has 4 unspecified atom stereocenters. The molecule has 34 heavy (non-hydrogen) atoms. The van der Waals surface area contributed by atoms with Gasteiger partial charge < -0.3 is 19.4 Å². The lowest BCUT2D eigenvalue weighted by molar-refractivity contribution is -0.161. The number of H-pyrrole nitrogens is 1. The molecule has 1 amide bonds. The fraction of sp³-hybridized carbons (Fsp3) is 0.357. The van der Waals surface area contributed by atoms with Crippen molar-refractivity contribution < 1.29 is 19.1 Å². The largest absolute Gasteiger partial charge is 0.469 e. The van der Waals surface area contributed by atoms with Gasteiger partial charge in [0.2, 0.25) is 0 Å². The molecular formula is C28H28N2O4. The number of aromatic nitrogens is 1. The van der Waals surface area contributed by atoms with Crippen LogP contribution in [0.15, 0.2) is 61.4 Å². The van der Waals surface area contributed by atoms with Crippen molar-refractivity contribution in [2.75, 3.05) is 20.2 Å². The number of carbonyl (C=O) groups excluding carboxylic acids is 2. The van der Waals surface area contributed by atoms with Gasteiger partial charge in [-0.15, -0.1) is 0 Å². The minimum atomic E-state index is -0.855. The number of para-hydroxylation sites is 1. The van der Waals surface area contributed by atoms with Crippen molar-refractivity contribution in [2.24, 2.45) is 11.3 Å². The quantitative estimate of drug-likeness (QED) is 0.444. The van der Waals surface area contributed by atoms with E-state index in [-0.39, 0.29) is 24.3 Å². The number of hydrogen-bond donors (Lipinski definition) is 1. The van der Waals surface area contributed by atoms with Crippen molar-refractivity contribution in [3.63, 3.8) is 0 Å². The maximum atomic E-state index is 13.7. The van der Waals surface area contributed by atoms with E-state index in [4.69, 9.17) is 9.47 Å². The number of ether oxygens (including phenoxy) is 2. The summed E-state index contributed by atoms with van der Waals surface area (Å²) in [6.07, 6.45) is 2.42. The van der Waals surface area contributed by atoms with E-state index >= 15 is 0 Å². The predicted molar refractivity (Wildman–Crippen MR) is 128 cm³/mol. The second-order valence-corrected chi connectivity index (χ2v) is 9.90. The highest BCUT2D eigenvalue weighted by atomic mass is 16.5. The average Bonchev–Trinajstić information content (AvgIpc) is 3.46. The van der Waals surface area contributed by atoms with Gasteiger partial charge in [-0.2, -0.15) is 0 Å². The van der Waals surface area contributed by atoms with E-state index in [0.29, 0.717) is 6.54 Å². The second-order valence-electron chi connectivity index (χ2n) is 9.90. The molecule has 2 bridgehead atoms. The predicted octanol–water partition coefficient (Wildman–Crippen LogP) is 5.02. The normalized spacial score (nSPS) is 28.9. The lowest BCUT2D eigenvalue weighted by atomic mass is 9.43. The van der Waals surface area contributed by atoms with Crippen molar-refractivity contribution >= 4 is 23.0 Å². The Kier molecular flexibility index (Phi) is 4.47. The summed E-state index contributed by atoms with van der Waals surface area (Å²) in [6.45, 7) is 6.31. The van der Waals surface area contributed by atoms with Crippen LogP contribution in [0.4, 0.5) is 4.79 Å². The van der Waals surface area contributed by atoms with Gasteiger partial charge in [-0.25, -0.2) is 4.79 Å². The van der Waals surface area contributed by atoms with E-state index < -0.39 is 16.9 Å². The molecule has 6 nitrogen and oxygen atoms in total. The van der Waals surface area contributed by atoms with E-state index in [2.05, 4.69) is 61.0 Å². The van der Waals surface area contributed by atoms with Crippen molar-refractivity contribution in [2.45, 2.75) is 31.1 Å². The SMILES string of the molecule is C=COC(=O)N1CC2C3(c4ccc(C)cc4)CCC(c4[nH]c5ccccc5c43)C2(C(=O)OC)C1. The van der Waals surface area contributed by atoms with Crippen LogP contribution in [-0.4, -0.2) is 42.1 Å². The van der Waals surface area contributed by atoms with Crippen LogP contribution in [-0.2, 0) is 19.7 Å². The van der Waals surface area contributed by atoms with Crippen LogP contribution >= 0.6 is 0 Å². The van der Waals surface area contributed by atoms with Gasteiger partial charge in [0.05, 0.1) is 18.8 Å². The highest BCUT2D eigenvalue weighted by Crippen LogP contribution is 2.70. The third-order valence-corrected chi connectivity index (χ3v) is 8.63. The molecule has 6 heteroatoms. The standard InChI is InChI=1S/C28H28N2O4/c1-4-34-26(32)30-15-22-27(18-11-9-17(2)10-12-18)14-13-20(28(22,16-30)25(31)33-3)24-23(27)19-7-5-6-8-21(19)29-24/h4-12,20,22,29H,1,13-16H2,2-3H3. The summed E-state index contributed by atoms with van der Waals surface area (Å²) < 4.78 is 10.6. The Morgan fingerprint density at radius 3 is 2.68 bits per heavy atom. The zero-order chi connectivity index (χ0) is 23.7. The third-order valence-electron chi connectivity index (χ3n) is 8.63. The molecule has 0 radical (unpaired) electrons. The third kappa shape index (κ3) is 2.46. The Balaban J connectivity index is 1.67. The number of aryl methyl sites for hydroxylation is 1. The lowest BCUT2D eigenvalue weighted by Gasteiger charge is -2.58. The number of nitrogens with zero attached hydrogens (tertiary/aromatic N) is 1. The highest BCUT2D eigenvalue weighted by Gasteiger charge is 2.72. The molecule has 4 atom stereocenters. The van der Waals surface area contributed by atoms with E-state index in [1.165, 1.54) is 29.2 Å². The summed E-state index contributed by atoms with van der Waals surface area (Å²) in [5.74, 6) is -0.462. The molecule has 1 saturated carbocycles. The van der Waals surface area contributed by atoms with E-state index in [9.17, 15) is 9.59 Å². The molecule has 3 aliphatic carbocycles. The second kappa shape index (κ2) is 7.23. The first-order valence-corrected chi connectivity index (χ1v) is 11.8. The molecule has 1 aliphatic heterocycles. The smallest absolute Gasteiger partial charge is 0.414 e. The molecule has 4 aliphatic rings. The van der Waals surface area contributed by atoms with Crippen LogP contribution in [0.25, 0.3) is 10.9 Å². The van der Waals surface area contributed by atoms with Crippen LogP contribution < -0.4 is 0 Å². The first kappa shape index (κ1) is 21.0. The topological polar surface area (TPSA) is 71.6 Å². The number of hydrogen-bond acceptors (Lipinski definition) is 4. The first-order valence-electron chi connectivity index (χ1n) is 11.8. The number of esters is 1. The van der Waals surface area contributed by atoms with Crippen molar-refractivity contribution in [3.8, 4) is 0 Å². The van der Waals surface area contributed by atoms with E-state index in [1.807, 2.05) is 6.07 Å². The van der Waals surface area contributed by atoms with Crippen molar-refractivity contribution in [1.29, 1.82) is 0 Å². The Bertz CT molecular complexity index is 1330. The van der Waals surface area contributed by atoms with Crippen LogP contribution in [0.2, 0.25) is 0 Å². The summed E-state index contributed by atoms with van der Waals surface area (Å²) >= 11 is 0. The number of amides is 1. The average molecular weight is 457 g/mol. The highest BCUT2D eigenvalue weighted by molar-refractivity contribution is 5.91. The fourth-order valence-electron chi connectivity index (χ4n) is 7.40. The Hall–Kier alpha value is -3.54. The zero-order valence-electron chi connectivity index (χ0n) is 19.5. The van der Waals surface area contributed by atoms with Crippen LogP contribution in [0, 0.1) is 18.3 Å². The van der Waals surface area contributed by atoms with Crippen molar-refractivity contribution in [1.82, 2.24) is 9.88 Å². The Morgan fingerprint density at radius 1 is 1.18 bits per heavy atom. The molecule has 174 valence electrons. The lowest BCUT2D eigenvalue weighted by Crippen LogP contribution is -2.60. The molecule has 1 aromatic heterocycles. The maximum absolute atomic E-state index is 13.7. The Morgan fingerprint density at radius 2 is 1.94 bits per heavy atom. The molecule has 1 saturated heterocycles. The van der Waals surface area contributed by atoms with Crippen LogP contribution in [0.3, 0.4) is 0 Å². The first-order chi connectivity index (χ1) is 16.5. The van der Waals surface area contributed by atoms with Gasteiger partial charge in [-0.05, 0) is 37.0 Å². The minimum absolute atomic E-state index is 0.0683. The molecule has 2 heterocycles. The van der Waals surface area contributed by atoms with E-state index in [0.717, 1.165) is 30.3 Å². The van der Waals surface area contributed by atoms with Gasteiger partial charge in [-0.1, -0.05) is 54.6 Å². The van der Waals surface area contributed by atoms with Gasteiger partial charge in [0.25, 0.3) is 0 Å². The maximum Gasteiger partial charge on any atom is 0.414 e. The molecule has 1 N–H and O–H groups in total. The molecule has 7 rings (SSSR count). The monoisotopic (exact) mass is 456 g/mol. The van der Waals surface area contributed by atoms with Gasteiger partial charge in [0.1, 0.15) is 0 Å². The van der Waals surface area contributed by atoms with Gasteiger partial charge >= 0.3 is 12.1 Å². The summed E-state index contributed by atoms with van der Waals surface area (Å²) in [4.78, 5) is 31.9. The Labute approximate surface area is 198 Å². The van der Waals surface area contributed by atoms with Crippen LogP contribution in [0.5, 0.6) is 0 Å². The number of aromatic amines is 1. The summed E-state index contributed by atoms with van der Waals surface area (Å²) in [6, 6.07) is 17.0. The zero-order valence-corrected chi connectivity index (χ0v) is 19.5. The number of methoxy groups -OCH3 is 1. The number of fused-ring (bicyclic) bond motifs is 2. The molecule has 2 fully saturated rings. The van der Waals surface area contributed by atoms with Gasteiger partial charge in [0.15, 0.2) is 0 Å². The van der Waals surface area contributed by atoms with Gasteiger partial charge in [-0.3, -0.25) is 4.79 Å². The fourth-order valence-corrected chi connectivity index (χ4v) is 7.40. The molecule has 3 aromatic rings. The van der Waals surface area contributed by atoms with Crippen molar-refractivity contribution in [3.05, 3.63) is 83.8 Å². The summed E-state index contributed by atoms with van der Waals surface area (Å²) in [7, 11) is 1.45. The molecule has 0 spiro atoms. The number of nitrogens with one attached hydrogen (secondary N) is 1. The number of likely N-dealkylation sites (tertiary alicyclic amines) is 1. The van der Waals surface area contributed by atoms with Crippen LogP contribution in [0.1, 0.15) is 41.1 Å². The van der Waals surface area contributed by atoms with E-state index in [1.54, 1.807) is 4.90 Å². The molecular weight excluding hydrogens is 428 g/mol. The number of benzene rings is 2. The summed E-state index contributed by atoms with van der Waals surface area (Å²) in [5.41, 5.74) is 4.53. The van der Waals surface area contributed by atoms with Gasteiger partial charge in [0, 0.05) is 46.9 Å². The molecule has 2 aromatic carbocycles. The minimum Gasteiger partial charge on any atom is -0.469 e. The number of rotatable bonds is 3. The summed E-state index contributed by atoms with van der Waals surface area (Å²) in [5, 5.41) is 1.19. The number of carbonyl (C=O) groups is 2.